The monoisotopic (exact) mass is 538 g/mol. The molecule has 0 aromatic heterocycles. The molecule has 0 aliphatic heterocycles. The van der Waals surface area contributed by atoms with Crippen molar-refractivity contribution < 1.29 is 34.8 Å². The first-order valence-electron chi connectivity index (χ1n) is 12.6. The Morgan fingerprint density at radius 2 is 1.82 bits per heavy atom. The van der Waals surface area contributed by atoms with Crippen molar-refractivity contribution in [3.8, 4) is 17.6 Å². The van der Waals surface area contributed by atoms with Crippen LogP contribution < -0.4 is 16.4 Å². The first-order valence-corrected chi connectivity index (χ1v) is 12.6. The molecule has 0 spiro atoms. The Bertz CT molecular complexity index is 1430. The minimum atomic E-state index is -2.95. The fourth-order valence-electron chi connectivity index (χ4n) is 6.28. The van der Waals surface area contributed by atoms with Crippen LogP contribution in [0.1, 0.15) is 42.9 Å². The number of anilines is 1. The number of unbranched alkanes of at least 4 members (excludes halogenated alkanes) is 1. The second kappa shape index (κ2) is 9.41. The number of primary amides is 1. The fraction of sp³-hybridized carbons (Fsp3) is 0.464. The van der Waals surface area contributed by atoms with Crippen molar-refractivity contribution in [2.45, 2.75) is 49.8 Å². The van der Waals surface area contributed by atoms with E-state index in [1.165, 1.54) is 19.0 Å². The summed E-state index contributed by atoms with van der Waals surface area (Å²) in [6.07, 6.45) is 1.31. The van der Waals surface area contributed by atoms with Crippen LogP contribution >= 0.6 is 0 Å². The van der Waals surface area contributed by atoms with Gasteiger partial charge in [-0.25, -0.2) is 0 Å². The number of rotatable bonds is 4. The number of ketones is 2. The topological polar surface area (TPSA) is 191 Å². The van der Waals surface area contributed by atoms with Crippen LogP contribution in [0.4, 0.5) is 5.69 Å². The summed E-state index contributed by atoms with van der Waals surface area (Å²) in [5.74, 6) is -0.485. The summed E-state index contributed by atoms with van der Waals surface area (Å²) in [4.78, 5) is 42.7. The van der Waals surface area contributed by atoms with E-state index < -0.39 is 57.7 Å². The molecule has 1 aromatic carbocycles. The van der Waals surface area contributed by atoms with Crippen molar-refractivity contribution in [3.63, 3.8) is 0 Å². The highest BCUT2D eigenvalue weighted by atomic mass is 16.4. The molecule has 3 aliphatic rings. The predicted octanol–water partition coefficient (Wildman–Crippen LogP) is 0.263. The van der Waals surface area contributed by atoms with E-state index in [1.54, 1.807) is 25.1 Å². The number of benzene rings is 1. The van der Waals surface area contributed by atoms with E-state index in [1.807, 2.05) is 6.92 Å². The number of hydrogen-bond donors (Lipinski definition) is 6. The van der Waals surface area contributed by atoms with Crippen LogP contribution in [0.25, 0.3) is 5.76 Å². The molecule has 1 aromatic rings. The molecule has 0 saturated heterocycles. The number of aliphatic hydroxyl groups excluding tert-OH is 2. The molecule has 3 aliphatic carbocycles. The maximum absolute atomic E-state index is 14.1. The van der Waals surface area contributed by atoms with Crippen molar-refractivity contribution in [2.75, 3.05) is 33.1 Å². The van der Waals surface area contributed by atoms with Crippen LogP contribution in [0.15, 0.2) is 23.0 Å². The summed E-state index contributed by atoms with van der Waals surface area (Å²) in [5, 5.41) is 45.5. The molecule has 1 amide bonds. The summed E-state index contributed by atoms with van der Waals surface area (Å²) in [6, 6.07) is 0.308. The second-order valence-electron chi connectivity index (χ2n) is 10.9. The molecule has 0 unspecified atom stereocenters. The standard InChI is InChI=1S/C28H34N4O7/c1-6-7-8-9-13-11-16(31(2)3)15-10-14-12-27(30)23(32(4)5)22(35)19(26(29)38)25(37)28(27,39)24(36)17(14)21(34)18(15)20(13)33/h11,14,23,33-34,37,39H,6-7,10,12,30H2,1-5H3,(H2,29,38)/t14-,23+,27+,28-/m0/s1. The normalized spacial score (nSPS) is 28.0. The van der Waals surface area contributed by atoms with Gasteiger partial charge < -0.3 is 36.8 Å². The van der Waals surface area contributed by atoms with Crippen LogP contribution in [0.5, 0.6) is 5.75 Å². The number of aromatic hydroxyl groups is 1. The molecule has 4 rings (SSSR count). The quantitative estimate of drug-likeness (QED) is 0.229. The van der Waals surface area contributed by atoms with Gasteiger partial charge in [0.25, 0.3) is 5.91 Å². The molecule has 11 heteroatoms. The van der Waals surface area contributed by atoms with E-state index in [0.717, 1.165) is 6.42 Å². The minimum Gasteiger partial charge on any atom is -0.508 e. The molecule has 1 saturated carbocycles. The number of carbonyl (C=O) groups is 3. The summed E-state index contributed by atoms with van der Waals surface area (Å²) >= 11 is 0. The molecular formula is C28H34N4O7. The zero-order chi connectivity index (χ0) is 29.2. The van der Waals surface area contributed by atoms with Gasteiger partial charge in [0, 0.05) is 31.8 Å². The molecule has 11 nitrogen and oxygen atoms in total. The van der Waals surface area contributed by atoms with E-state index in [0.29, 0.717) is 17.7 Å². The molecule has 0 heterocycles. The third-order valence-corrected chi connectivity index (χ3v) is 7.97. The Morgan fingerprint density at radius 1 is 1.18 bits per heavy atom. The first kappa shape index (κ1) is 28.2. The number of carbonyl (C=O) groups excluding carboxylic acids is 3. The fourth-order valence-corrected chi connectivity index (χ4v) is 6.28. The number of fused-ring (bicyclic) bond motifs is 3. The summed E-state index contributed by atoms with van der Waals surface area (Å²) in [6.45, 7) is 1.97. The van der Waals surface area contributed by atoms with Crippen molar-refractivity contribution in [3.05, 3.63) is 39.7 Å². The lowest BCUT2D eigenvalue weighted by molar-refractivity contribution is -0.157. The molecule has 39 heavy (non-hydrogen) atoms. The maximum Gasteiger partial charge on any atom is 0.255 e. The lowest BCUT2D eigenvalue weighted by Crippen LogP contribution is -2.80. The van der Waals surface area contributed by atoms with Crippen LogP contribution in [0, 0.1) is 17.8 Å². The first-order chi connectivity index (χ1) is 18.1. The number of phenolic OH excluding ortho intramolecular Hbond substituents is 1. The number of phenols is 1. The Labute approximate surface area is 226 Å². The summed E-state index contributed by atoms with van der Waals surface area (Å²) < 4.78 is 0. The van der Waals surface area contributed by atoms with Crippen molar-refractivity contribution in [2.24, 2.45) is 17.4 Å². The number of amides is 1. The number of hydrogen-bond acceptors (Lipinski definition) is 10. The zero-order valence-corrected chi connectivity index (χ0v) is 22.6. The summed E-state index contributed by atoms with van der Waals surface area (Å²) in [5.41, 5.74) is 7.27. The average Bonchev–Trinajstić information content (AvgIpc) is 2.82. The van der Waals surface area contributed by atoms with Gasteiger partial charge in [0.05, 0.1) is 22.7 Å². The Hall–Kier alpha value is -3.85. The van der Waals surface area contributed by atoms with Crippen molar-refractivity contribution >= 4 is 28.9 Å². The van der Waals surface area contributed by atoms with Crippen LogP contribution in [-0.4, -0.2) is 88.2 Å². The highest BCUT2D eigenvalue weighted by Crippen LogP contribution is 2.54. The van der Waals surface area contributed by atoms with Gasteiger partial charge in [0.1, 0.15) is 17.1 Å². The predicted molar refractivity (Wildman–Crippen MR) is 144 cm³/mol. The lowest BCUT2D eigenvalue weighted by Gasteiger charge is -2.56. The largest absolute Gasteiger partial charge is 0.508 e. The van der Waals surface area contributed by atoms with Crippen LogP contribution in [0.3, 0.4) is 0 Å². The van der Waals surface area contributed by atoms with E-state index in [-0.39, 0.29) is 35.3 Å². The van der Waals surface area contributed by atoms with Gasteiger partial charge in [-0.2, -0.15) is 0 Å². The number of Topliss-reactive ketones (excluding diaryl/α,β-unsaturated/α-hetero) is 2. The number of nitrogens with zero attached hydrogens (tertiary/aromatic N) is 2. The average molecular weight is 539 g/mol. The Balaban J connectivity index is 2.04. The highest BCUT2D eigenvalue weighted by molar-refractivity contribution is 6.25. The Kier molecular flexibility index (Phi) is 6.80. The number of nitrogens with two attached hydrogens (primary N) is 2. The van der Waals surface area contributed by atoms with Gasteiger partial charge >= 0.3 is 0 Å². The van der Waals surface area contributed by atoms with Gasteiger partial charge in [-0.1, -0.05) is 18.8 Å². The molecule has 4 atom stereocenters. The lowest BCUT2D eigenvalue weighted by atomic mass is 9.53. The van der Waals surface area contributed by atoms with Gasteiger partial charge in [-0.3, -0.25) is 19.3 Å². The van der Waals surface area contributed by atoms with E-state index in [9.17, 15) is 34.8 Å². The minimum absolute atomic E-state index is 0.00985. The molecule has 8 N–H and O–H groups in total. The van der Waals surface area contributed by atoms with Gasteiger partial charge in [-0.15, -0.1) is 0 Å². The molecular weight excluding hydrogens is 504 g/mol. The molecule has 0 radical (unpaired) electrons. The Morgan fingerprint density at radius 3 is 2.36 bits per heavy atom. The van der Waals surface area contributed by atoms with E-state index in [4.69, 9.17) is 11.5 Å². The smallest absolute Gasteiger partial charge is 0.255 e. The highest BCUT2D eigenvalue weighted by Gasteiger charge is 2.71. The maximum atomic E-state index is 14.1. The molecule has 1 fully saturated rings. The van der Waals surface area contributed by atoms with Crippen molar-refractivity contribution in [1.82, 2.24) is 4.90 Å². The van der Waals surface area contributed by atoms with Crippen molar-refractivity contribution in [1.29, 1.82) is 0 Å². The van der Waals surface area contributed by atoms with E-state index >= 15 is 0 Å². The van der Waals surface area contributed by atoms with Gasteiger partial charge in [0.2, 0.25) is 11.4 Å². The number of aliphatic hydroxyl groups is 3. The molecule has 208 valence electrons. The zero-order valence-electron chi connectivity index (χ0n) is 22.6. The third kappa shape index (κ3) is 3.74. The van der Waals surface area contributed by atoms with E-state index in [2.05, 4.69) is 11.8 Å². The molecule has 0 bridgehead atoms. The third-order valence-electron chi connectivity index (χ3n) is 7.97. The second-order valence-corrected chi connectivity index (χ2v) is 10.9. The summed E-state index contributed by atoms with van der Waals surface area (Å²) in [7, 11) is 6.56. The number of likely N-dealkylation sites (N-methyl/N-ethyl adjacent to an activating group) is 1. The van der Waals surface area contributed by atoms with Gasteiger partial charge in [0.15, 0.2) is 11.5 Å². The van der Waals surface area contributed by atoms with Crippen LogP contribution in [-0.2, 0) is 20.8 Å². The van der Waals surface area contributed by atoms with Gasteiger partial charge in [-0.05, 0) is 50.9 Å². The SMILES string of the molecule is CCCC#Cc1cc(N(C)C)c2c(c1O)C(O)=C1C(=O)[C@]3(O)C(O)=C(C(N)=O)C(=O)[C@@H](N(C)C)[C@]3(N)C[C@@H]1C2. The van der Waals surface area contributed by atoms with Crippen LogP contribution in [0.2, 0.25) is 0 Å².